The van der Waals surface area contributed by atoms with Crippen LogP contribution in [0.15, 0.2) is 15.8 Å². The molecule has 0 saturated carbocycles. The first-order chi connectivity index (χ1) is 7.61. The number of hydrogen-bond donors (Lipinski definition) is 1. The molecule has 0 aromatic carbocycles. The van der Waals surface area contributed by atoms with Gasteiger partial charge in [-0.3, -0.25) is 14.3 Å². The van der Waals surface area contributed by atoms with Crippen LogP contribution in [0.3, 0.4) is 0 Å². The van der Waals surface area contributed by atoms with E-state index in [9.17, 15) is 14.0 Å². The minimum Gasteiger partial charge on any atom is -0.355 e. The molecule has 2 atom stereocenters. The van der Waals surface area contributed by atoms with Crippen LogP contribution in [-0.4, -0.2) is 15.7 Å². The number of nitrogens with one attached hydrogen (secondary N) is 1. The van der Waals surface area contributed by atoms with Crippen LogP contribution < -0.4 is 11.2 Å². The lowest BCUT2D eigenvalue weighted by atomic mass is 10.2. The van der Waals surface area contributed by atoms with E-state index in [2.05, 4.69) is 0 Å². The average molecular weight is 228 g/mol. The van der Waals surface area contributed by atoms with Gasteiger partial charge in [-0.15, -0.1) is 0 Å². The van der Waals surface area contributed by atoms with Gasteiger partial charge < -0.3 is 4.74 Å². The van der Waals surface area contributed by atoms with Crippen molar-refractivity contribution in [1.29, 1.82) is 0 Å². The zero-order chi connectivity index (χ0) is 11.7. The van der Waals surface area contributed by atoms with Gasteiger partial charge in [-0.1, -0.05) is 6.92 Å². The Morgan fingerprint density at radius 3 is 2.94 bits per heavy atom. The number of nitrogens with zero attached hydrogens (tertiary/aromatic N) is 1. The van der Waals surface area contributed by atoms with E-state index in [1.54, 1.807) is 0 Å². The van der Waals surface area contributed by atoms with Crippen LogP contribution in [0, 0.1) is 5.82 Å². The Hall–Kier alpha value is -1.43. The van der Waals surface area contributed by atoms with Crippen LogP contribution in [-0.2, 0) is 4.74 Å². The summed E-state index contributed by atoms with van der Waals surface area (Å²) in [6.45, 7) is 1.99. The van der Waals surface area contributed by atoms with E-state index in [0.29, 0.717) is 6.42 Å². The smallest absolute Gasteiger partial charge is 0.330 e. The van der Waals surface area contributed by atoms with E-state index < -0.39 is 23.3 Å². The fraction of sp³-hybridized carbons (Fsp3) is 0.600. The lowest BCUT2D eigenvalue weighted by molar-refractivity contribution is -0.00260. The minimum atomic E-state index is -0.994. The summed E-state index contributed by atoms with van der Waals surface area (Å²) >= 11 is 0. The summed E-state index contributed by atoms with van der Waals surface area (Å²) in [7, 11) is 0. The molecule has 1 aromatic rings. The predicted octanol–water partition coefficient (Wildman–Crippen LogP) is 0.763. The molecule has 0 spiro atoms. The summed E-state index contributed by atoms with van der Waals surface area (Å²) in [5, 5.41) is 0. The second-order valence-electron chi connectivity index (χ2n) is 3.84. The van der Waals surface area contributed by atoms with Gasteiger partial charge in [0.1, 0.15) is 6.23 Å². The molecule has 1 N–H and O–H groups in total. The summed E-state index contributed by atoms with van der Waals surface area (Å²) in [6, 6.07) is 0. The Balaban J connectivity index is 2.32. The summed E-state index contributed by atoms with van der Waals surface area (Å²) in [4.78, 5) is 24.2. The second kappa shape index (κ2) is 4.21. The molecule has 0 amide bonds. The van der Waals surface area contributed by atoms with Crippen LogP contribution in [0.25, 0.3) is 0 Å². The van der Waals surface area contributed by atoms with Gasteiger partial charge in [0.05, 0.1) is 12.3 Å². The number of ether oxygens (including phenoxy) is 1. The van der Waals surface area contributed by atoms with Gasteiger partial charge in [0.25, 0.3) is 5.56 Å². The lowest BCUT2D eigenvalue weighted by Gasteiger charge is -2.14. The van der Waals surface area contributed by atoms with Crippen molar-refractivity contribution < 1.29 is 9.13 Å². The predicted molar refractivity (Wildman–Crippen MR) is 54.7 cm³/mol. The molecule has 2 heterocycles. The third-order valence-corrected chi connectivity index (χ3v) is 2.78. The van der Waals surface area contributed by atoms with E-state index in [1.807, 2.05) is 11.9 Å². The highest BCUT2D eigenvalue weighted by Gasteiger charge is 2.26. The van der Waals surface area contributed by atoms with Gasteiger partial charge in [-0.2, -0.15) is 4.39 Å². The van der Waals surface area contributed by atoms with E-state index in [0.717, 1.165) is 23.6 Å². The van der Waals surface area contributed by atoms with E-state index in [1.165, 1.54) is 0 Å². The maximum absolute atomic E-state index is 13.0. The Kier molecular flexibility index (Phi) is 2.91. The Morgan fingerprint density at radius 2 is 2.31 bits per heavy atom. The molecule has 5 nitrogen and oxygen atoms in total. The zero-order valence-corrected chi connectivity index (χ0v) is 8.90. The largest absolute Gasteiger partial charge is 0.355 e. The van der Waals surface area contributed by atoms with Crippen molar-refractivity contribution in [3.8, 4) is 0 Å². The van der Waals surface area contributed by atoms with Crippen LogP contribution in [0.5, 0.6) is 0 Å². The maximum atomic E-state index is 13.0. The van der Waals surface area contributed by atoms with Gasteiger partial charge in [-0.05, 0) is 19.3 Å². The molecule has 0 unspecified atom stereocenters. The first kappa shape index (κ1) is 11.1. The quantitative estimate of drug-likeness (QED) is 0.812. The van der Waals surface area contributed by atoms with Gasteiger partial charge >= 0.3 is 5.69 Å². The highest BCUT2D eigenvalue weighted by Crippen LogP contribution is 2.28. The van der Waals surface area contributed by atoms with Crippen molar-refractivity contribution in [3.05, 3.63) is 32.9 Å². The number of halogens is 1. The maximum Gasteiger partial charge on any atom is 0.330 e. The fourth-order valence-corrected chi connectivity index (χ4v) is 1.87. The molecule has 1 aromatic heterocycles. The van der Waals surface area contributed by atoms with Crippen LogP contribution in [0.2, 0.25) is 0 Å². The van der Waals surface area contributed by atoms with Crippen molar-refractivity contribution in [3.63, 3.8) is 0 Å². The van der Waals surface area contributed by atoms with Crippen LogP contribution in [0.1, 0.15) is 32.4 Å². The van der Waals surface area contributed by atoms with Crippen LogP contribution in [0.4, 0.5) is 4.39 Å². The molecule has 1 fully saturated rings. The molecule has 1 aliphatic rings. The van der Waals surface area contributed by atoms with Crippen molar-refractivity contribution in [1.82, 2.24) is 9.55 Å². The van der Waals surface area contributed by atoms with E-state index in [4.69, 9.17) is 4.74 Å². The molecule has 0 bridgehead atoms. The molecule has 0 aliphatic carbocycles. The Morgan fingerprint density at radius 1 is 1.56 bits per heavy atom. The summed E-state index contributed by atoms with van der Waals surface area (Å²) in [5.41, 5.74) is -1.63. The third-order valence-electron chi connectivity index (χ3n) is 2.78. The summed E-state index contributed by atoms with van der Waals surface area (Å²) < 4.78 is 19.7. The highest BCUT2D eigenvalue weighted by atomic mass is 19.1. The standard InChI is InChI=1S/C10H13FN2O3/c1-2-6-3-4-8(16-6)13-5-7(11)9(14)12-10(13)15/h5-6,8H,2-4H2,1H3,(H,12,14,15)/t6-,8-/m1/s1. The second-order valence-corrected chi connectivity index (χ2v) is 3.84. The van der Waals surface area contributed by atoms with Crippen molar-refractivity contribution in [2.75, 3.05) is 0 Å². The number of rotatable bonds is 2. The molecule has 2 rings (SSSR count). The first-order valence-electron chi connectivity index (χ1n) is 5.28. The topological polar surface area (TPSA) is 64.1 Å². The van der Waals surface area contributed by atoms with Gasteiger partial charge in [0.2, 0.25) is 5.82 Å². The minimum absolute atomic E-state index is 0.104. The molecule has 16 heavy (non-hydrogen) atoms. The van der Waals surface area contributed by atoms with E-state index >= 15 is 0 Å². The molecule has 6 heteroatoms. The van der Waals surface area contributed by atoms with Gasteiger partial charge in [-0.25, -0.2) is 4.79 Å². The van der Waals surface area contributed by atoms with Crippen molar-refractivity contribution >= 4 is 0 Å². The molecule has 1 aliphatic heterocycles. The Bertz CT molecular complexity index is 494. The van der Waals surface area contributed by atoms with Gasteiger partial charge in [0, 0.05) is 0 Å². The summed E-state index contributed by atoms with van der Waals surface area (Å²) in [5.74, 6) is -0.969. The summed E-state index contributed by atoms with van der Waals surface area (Å²) in [6.07, 6.45) is 2.90. The number of H-pyrrole nitrogens is 1. The first-order valence-corrected chi connectivity index (χ1v) is 5.28. The highest BCUT2D eigenvalue weighted by molar-refractivity contribution is 4.89. The third kappa shape index (κ3) is 1.92. The fourth-order valence-electron chi connectivity index (χ4n) is 1.87. The zero-order valence-electron chi connectivity index (χ0n) is 8.90. The number of hydrogen-bond acceptors (Lipinski definition) is 3. The van der Waals surface area contributed by atoms with Crippen molar-refractivity contribution in [2.24, 2.45) is 0 Å². The average Bonchev–Trinajstić information content (AvgIpc) is 2.71. The van der Waals surface area contributed by atoms with Crippen molar-refractivity contribution in [2.45, 2.75) is 38.5 Å². The molecule has 88 valence electrons. The Labute approximate surface area is 90.9 Å². The van der Waals surface area contributed by atoms with Gasteiger partial charge in [0.15, 0.2) is 0 Å². The normalized spacial score (nSPS) is 24.9. The number of aromatic amines is 1. The molecular weight excluding hydrogens is 215 g/mol. The molecular formula is C10H13FN2O3. The SMILES string of the molecule is CC[C@@H]1CC[C@H](n2cc(F)c(=O)[nH]c2=O)O1. The van der Waals surface area contributed by atoms with Crippen LogP contribution >= 0.6 is 0 Å². The number of aromatic nitrogens is 2. The monoisotopic (exact) mass is 228 g/mol. The molecule has 0 radical (unpaired) electrons. The lowest BCUT2D eigenvalue weighted by Crippen LogP contribution is -2.33. The molecule has 1 saturated heterocycles. The van der Waals surface area contributed by atoms with E-state index in [-0.39, 0.29) is 6.10 Å².